The second-order valence-electron chi connectivity index (χ2n) is 6.19. The van der Waals surface area contributed by atoms with E-state index in [9.17, 15) is 0 Å². The summed E-state index contributed by atoms with van der Waals surface area (Å²) in [4.78, 5) is 0. The zero-order chi connectivity index (χ0) is 12.8. The van der Waals surface area contributed by atoms with Crippen LogP contribution in [0.1, 0.15) is 51.8 Å². The van der Waals surface area contributed by atoms with Crippen molar-refractivity contribution in [3.63, 3.8) is 0 Å². The third-order valence-electron chi connectivity index (χ3n) is 3.39. The molecule has 1 nitrogen and oxygen atoms in total. The van der Waals surface area contributed by atoms with E-state index >= 15 is 0 Å². The van der Waals surface area contributed by atoms with Crippen LogP contribution < -0.4 is 0 Å². The van der Waals surface area contributed by atoms with Crippen molar-refractivity contribution in [3.8, 4) is 0 Å². The Morgan fingerprint density at radius 2 is 1.65 bits per heavy atom. The number of nitrogens with zero attached hydrogens (tertiary/aromatic N) is 1. The Morgan fingerprint density at radius 1 is 1.06 bits per heavy atom. The maximum absolute atomic E-state index is 2.50. The van der Waals surface area contributed by atoms with E-state index in [4.69, 9.17) is 0 Å². The van der Waals surface area contributed by atoms with E-state index in [2.05, 4.69) is 70.4 Å². The zero-order valence-corrected chi connectivity index (χ0v) is 11.8. The summed E-state index contributed by atoms with van der Waals surface area (Å²) in [6.45, 7) is 13.7. The van der Waals surface area contributed by atoms with Gasteiger partial charge in [0.25, 0.3) is 0 Å². The van der Waals surface area contributed by atoms with E-state index in [1.165, 1.54) is 22.2 Å². The van der Waals surface area contributed by atoms with Crippen LogP contribution in [0.25, 0.3) is 10.9 Å². The first-order valence-electron chi connectivity index (χ1n) is 6.44. The van der Waals surface area contributed by atoms with Gasteiger partial charge in [0.2, 0.25) is 0 Å². The molecule has 2 aromatic rings. The molecule has 0 spiro atoms. The number of fused-ring (bicyclic) bond motifs is 1. The third-order valence-corrected chi connectivity index (χ3v) is 3.39. The van der Waals surface area contributed by atoms with Gasteiger partial charge in [-0.25, -0.2) is 0 Å². The van der Waals surface area contributed by atoms with Gasteiger partial charge in [-0.3, -0.25) is 0 Å². The second kappa shape index (κ2) is 3.90. The van der Waals surface area contributed by atoms with Crippen molar-refractivity contribution in [3.05, 3.63) is 35.5 Å². The lowest BCUT2D eigenvalue weighted by Crippen LogP contribution is -2.24. The molecule has 1 aromatic carbocycles. The Morgan fingerprint density at radius 3 is 2.18 bits per heavy atom. The van der Waals surface area contributed by atoms with Gasteiger partial charge in [0.1, 0.15) is 0 Å². The fourth-order valence-electron chi connectivity index (χ4n) is 2.84. The van der Waals surface area contributed by atoms with Crippen LogP contribution in [0.3, 0.4) is 0 Å². The van der Waals surface area contributed by atoms with Crippen molar-refractivity contribution in [2.75, 3.05) is 0 Å². The lowest BCUT2D eigenvalue weighted by Gasteiger charge is -2.27. The molecule has 0 aliphatic carbocycles. The number of hydrogen-bond acceptors (Lipinski definition) is 0. The van der Waals surface area contributed by atoms with Crippen molar-refractivity contribution in [2.45, 2.75) is 53.0 Å². The highest BCUT2D eigenvalue weighted by Gasteiger charge is 2.23. The van der Waals surface area contributed by atoms with Gasteiger partial charge in [-0.1, -0.05) is 32.0 Å². The summed E-state index contributed by atoms with van der Waals surface area (Å²) in [6.07, 6.45) is 0. The van der Waals surface area contributed by atoms with E-state index in [0.717, 1.165) is 0 Å². The fraction of sp³-hybridized carbons (Fsp3) is 0.500. The summed E-state index contributed by atoms with van der Waals surface area (Å²) in [5.41, 5.74) is 4.40. The number of para-hydroxylation sites is 1. The summed E-state index contributed by atoms with van der Waals surface area (Å²) in [5.74, 6) is 0.557. The maximum Gasteiger partial charge on any atom is 0.0490 e. The number of benzene rings is 1. The monoisotopic (exact) mass is 229 g/mol. The van der Waals surface area contributed by atoms with E-state index in [1.54, 1.807) is 0 Å². The zero-order valence-electron chi connectivity index (χ0n) is 11.8. The van der Waals surface area contributed by atoms with Crippen LogP contribution in [0, 0.1) is 6.92 Å². The number of aryl methyl sites for hydroxylation is 1. The Bertz CT molecular complexity index is 538. The molecule has 92 valence electrons. The summed E-state index contributed by atoms with van der Waals surface area (Å²) in [5, 5.41) is 1.39. The van der Waals surface area contributed by atoms with Gasteiger partial charge < -0.3 is 4.57 Å². The molecular formula is C16H23N. The smallest absolute Gasteiger partial charge is 0.0490 e. The molecule has 0 aliphatic heterocycles. The van der Waals surface area contributed by atoms with Gasteiger partial charge in [0.15, 0.2) is 0 Å². The summed E-state index contributed by atoms with van der Waals surface area (Å²) >= 11 is 0. The highest BCUT2D eigenvalue weighted by Crippen LogP contribution is 2.35. The van der Waals surface area contributed by atoms with Crippen LogP contribution in [0.2, 0.25) is 0 Å². The van der Waals surface area contributed by atoms with Crippen molar-refractivity contribution in [2.24, 2.45) is 0 Å². The minimum atomic E-state index is 0.132. The molecule has 0 bridgehead atoms. The normalized spacial score (nSPS) is 12.6. The topological polar surface area (TPSA) is 4.93 Å². The first kappa shape index (κ1) is 12.2. The summed E-state index contributed by atoms with van der Waals surface area (Å²) in [7, 11) is 0. The van der Waals surface area contributed by atoms with Crippen LogP contribution in [0.4, 0.5) is 0 Å². The fourth-order valence-corrected chi connectivity index (χ4v) is 2.84. The predicted octanol–water partition coefficient (Wildman–Crippen LogP) is 4.83. The van der Waals surface area contributed by atoms with Crippen LogP contribution in [0.15, 0.2) is 24.3 Å². The molecule has 1 heterocycles. The lowest BCUT2D eigenvalue weighted by atomic mass is 10.0. The van der Waals surface area contributed by atoms with Gasteiger partial charge in [-0.2, -0.15) is 0 Å². The maximum atomic E-state index is 2.50. The van der Waals surface area contributed by atoms with Crippen LogP contribution in [-0.2, 0) is 5.54 Å². The largest absolute Gasteiger partial charge is 0.339 e. The van der Waals surface area contributed by atoms with Crippen molar-refractivity contribution in [1.29, 1.82) is 0 Å². The number of rotatable bonds is 1. The molecule has 0 fully saturated rings. The Kier molecular flexibility index (Phi) is 2.81. The quantitative estimate of drug-likeness (QED) is 0.660. The van der Waals surface area contributed by atoms with Gasteiger partial charge in [-0.15, -0.1) is 0 Å². The van der Waals surface area contributed by atoms with Crippen molar-refractivity contribution in [1.82, 2.24) is 4.57 Å². The molecule has 0 saturated carbocycles. The standard InChI is InChI=1S/C16H23N/c1-11(2)15-12(3)13-9-7-8-10-14(13)17(15)16(4,5)6/h7-11H,1-6H3. The minimum Gasteiger partial charge on any atom is -0.339 e. The molecule has 0 N–H and O–H groups in total. The molecule has 2 rings (SSSR count). The SMILES string of the molecule is Cc1c(C(C)C)n(C(C)(C)C)c2ccccc12. The predicted molar refractivity (Wildman–Crippen MR) is 75.8 cm³/mol. The van der Waals surface area contributed by atoms with Gasteiger partial charge in [0, 0.05) is 22.1 Å². The minimum absolute atomic E-state index is 0.132. The highest BCUT2D eigenvalue weighted by atomic mass is 15.1. The molecular weight excluding hydrogens is 206 g/mol. The van der Waals surface area contributed by atoms with E-state index in [0.29, 0.717) is 5.92 Å². The van der Waals surface area contributed by atoms with Crippen LogP contribution in [-0.4, -0.2) is 4.57 Å². The molecule has 17 heavy (non-hydrogen) atoms. The van der Waals surface area contributed by atoms with Gasteiger partial charge in [0.05, 0.1) is 0 Å². The molecule has 0 radical (unpaired) electrons. The molecule has 0 atom stereocenters. The summed E-state index contributed by atoms with van der Waals surface area (Å²) < 4.78 is 2.50. The Labute approximate surface area is 104 Å². The first-order chi connectivity index (χ1) is 7.84. The third kappa shape index (κ3) is 1.88. The van der Waals surface area contributed by atoms with Crippen molar-refractivity contribution < 1.29 is 0 Å². The van der Waals surface area contributed by atoms with Crippen LogP contribution in [0.5, 0.6) is 0 Å². The molecule has 1 aromatic heterocycles. The molecule has 0 saturated heterocycles. The van der Waals surface area contributed by atoms with Gasteiger partial charge in [-0.05, 0) is 45.2 Å². The molecule has 0 unspecified atom stereocenters. The Hall–Kier alpha value is -1.24. The highest BCUT2D eigenvalue weighted by molar-refractivity contribution is 5.85. The van der Waals surface area contributed by atoms with E-state index < -0.39 is 0 Å². The average Bonchev–Trinajstić information content (AvgIpc) is 2.52. The van der Waals surface area contributed by atoms with E-state index in [-0.39, 0.29) is 5.54 Å². The lowest BCUT2D eigenvalue weighted by molar-refractivity contribution is 0.392. The average molecular weight is 229 g/mol. The number of aromatic nitrogens is 1. The van der Waals surface area contributed by atoms with E-state index in [1.807, 2.05) is 0 Å². The first-order valence-corrected chi connectivity index (χ1v) is 6.44. The van der Waals surface area contributed by atoms with Crippen molar-refractivity contribution >= 4 is 10.9 Å². The van der Waals surface area contributed by atoms with Crippen LogP contribution >= 0.6 is 0 Å². The number of hydrogen-bond donors (Lipinski definition) is 0. The molecule has 0 aliphatic rings. The molecule has 0 amide bonds. The second-order valence-corrected chi connectivity index (χ2v) is 6.19. The molecule has 1 heteroatoms. The Balaban J connectivity index is 2.91. The van der Waals surface area contributed by atoms with Gasteiger partial charge >= 0.3 is 0 Å². The summed E-state index contributed by atoms with van der Waals surface area (Å²) in [6, 6.07) is 8.73.